The zero-order chi connectivity index (χ0) is 9.03. The highest BCUT2D eigenvalue weighted by Crippen LogP contribution is 2.43. The van der Waals surface area contributed by atoms with Crippen LogP contribution in [0.4, 0.5) is 0 Å². The van der Waals surface area contributed by atoms with Crippen molar-refractivity contribution in [2.75, 3.05) is 0 Å². The van der Waals surface area contributed by atoms with Crippen LogP contribution in [0.25, 0.3) is 0 Å². The molecule has 2 nitrogen and oxygen atoms in total. The predicted octanol–water partition coefficient (Wildman–Crippen LogP) is 2.66. The minimum atomic E-state index is -0.0268. The van der Waals surface area contributed by atoms with Gasteiger partial charge >= 0.3 is 5.97 Å². The largest absolute Gasteiger partial charge is 0.459 e. The van der Waals surface area contributed by atoms with Gasteiger partial charge in [0.15, 0.2) is 0 Å². The fourth-order valence-electron chi connectivity index (χ4n) is 1.49. The quantitative estimate of drug-likeness (QED) is 0.593. The van der Waals surface area contributed by atoms with Gasteiger partial charge in [-0.1, -0.05) is 20.3 Å². The maximum atomic E-state index is 11.2. The fourth-order valence-corrected chi connectivity index (χ4v) is 1.49. The van der Waals surface area contributed by atoms with Crippen LogP contribution in [-0.2, 0) is 9.53 Å². The third-order valence-electron chi connectivity index (χ3n) is 2.30. The molecule has 1 aliphatic rings. The van der Waals surface area contributed by atoms with Crippen molar-refractivity contribution in [1.82, 2.24) is 0 Å². The molecule has 0 radical (unpaired) electrons. The molecular weight excluding hydrogens is 152 g/mol. The van der Waals surface area contributed by atoms with E-state index < -0.39 is 0 Å². The minimum absolute atomic E-state index is 0.0107. The lowest BCUT2D eigenvalue weighted by Crippen LogP contribution is -2.18. The van der Waals surface area contributed by atoms with E-state index in [0.29, 0.717) is 6.42 Å². The van der Waals surface area contributed by atoms with Gasteiger partial charge in [-0.05, 0) is 25.7 Å². The average molecular weight is 170 g/mol. The molecule has 0 atom stereocenters. The van der Waals surface area contributed by atoms with Crippen LogP contribution in [0.5, 0.6) is 0 Å². The molecule has 1 aliphatic carbocycles. The summed E-state index contributed by atoms with van der Waals surface area (Å²) in [6, 6.07) is 0. The van der Waals surface area contributed by atoms with E-state index >= 15 is 0 Å². The second-order valence-electron chi connectivity index (χ2n) is 3.66. The fraction of sp³-hybridized carbons (Fsp3) is 0.900. The Morgan fingerprint density at radius 3 is 2.42 bits per heavy atom. The van der Waals surface area contributed by atoms with Gasteiger partial charge in [-0.25, -0.2) is 0 Å². The lowest BCUT2D eigenvalue weighted by molar-refractivity contribution is -0.151. The lowest BCUT2D eigenvalue weighted by atomic mass is 10.2. The average Bonchev–Trinajstić information content (AvgIpc) is 2.70. The summed E-state index contributed by atoms with van der Waals surface area (Å²) in [5.74, 6) is -0.0107. The van der Waals surface area contributed by atoms with Crippen molar-refractivity contribution in [3.63, 3.8) is 0 Å². The van der Waals surface area contributed by atoms with Gasteiger partial charge < -0.3 is 4.74 Å². The Kier molecular flexibility index (Phi) is 3.12. The number of carbonyl (C=O) groups excluding carboxylic acids is 1. The Hall–Kier alpha value is -0.530. The molecule has 0 unspecified atom stereocenters. The van der Waals surface area contributed by atoms with E-state index in [4.69, 9.17) is 4.74 Å². The number of hydrogen-bond acceptors (Lipinski definition) is 2. The van der Waals surface area contributed by atoms with E-state index in [2.05, 4.69) is 6.92 Å². The minimum Gasteiger partial charge on any atom is -0.459 e. The zero-order valence-corrected chi connectivity index (χ0v) is 8.06. The molecule has 70 valence electrons. The molecule has 0 amide bonds. The molecule has 2 heteroatoms. The summed E-state index contributed by atoms with van der Waals surface area (Å²) < 4.78 is 5.39. The van der Waals surface area contributed by atoms with Gasteiger partial charge in [0.1, 0.15) is 5.60 Å². The Bertz CT molecular complexity index is 159. The molecule has 0 bridgehead atoms. The highest BCUT2D eigenvalue weighted by molar-refractivity contribution is 5.70. The topological polar surface area (TPSA) is 26.3 Å². The molecule has 0 aromatic carbocycles. The molecule has 0 saturated heterocycles. The second-order valence-corrected chi connectivity index (χ2v) is 3.66. The number of hydrogen-bond donors (Lipinski definition) is 0. The summed E-state index contributed by atoms with van der Waals surface area (Å²) in [5, 5.41) is 0. The summed E-state index contributed by atoms with van der Waals surface area (Å²) in [6.07, 6.45) is 5.78. The van der Waals surface area contributed by atoms with Gasteiger partial charge in [-0.15, -0.1) is 0 Å². The van der Waals surface area contributed by atoms with Gasteiger partial charge in [0.25, 0.3) is 0 Å². The molecule has 0 aromatic rings. The summed E-state index contributed by atoms with van der Waals surface area (Å²) >= 11 is 0. The second kappa shape index (κ2) is 3.92. The van der Waals surface area contributed by atoms with Crippen molar-refractivity contribution < 1.29 is 9.53 Å². The third kappa shape index (κ3) is 2.50. The van der Waals surface area contributed by atoms with Crippen LogP contribution in [0, 0.1) is 0 Å². The number of ether oxygens (including phenoxy) is 1. The third-order valence-corrected chi connectivity index (χ3v) is 2.30. The van der Waals surface area contributed by atoms with Crippen molar-refractivity contribution in [3.8, 4) is 0 Å². The first-order chi connectivity index (χ1) is 5.72. The number of esters is 1. The number of carbonyl (C=O) groups is 1. The normalized spacial score (nSPS) is 18.8. The van der Waals surface area contributed by atoms with Gasteiger partial charge in [-0.3, -0.25) is 4.79 Å². The predicted molar refractivity (Wildman–Crippen MR) is 47.9 cm³/mol. The van der Waals surface area contributed by atoms with Crippen LogP contribution < -0.4 is 0 Å². The lowest BCUT2D eigenvalue weighted by Gasteiger charge is -2.14. The Balaban J connectivity index is 2.25. The molecule has 0 aliphatic heterocycles. The van der Waals surface area contributed by atoms with Crippen LogP contribution in [0.15, 0.2) is 0 Å². The van der Waals surface area contributed by atoms with Gasteiger partial charge in [-0.2, -0.15) is 0 Å². The Morgan fingerprint density at radius 1 is 1.33 bits per heavy atom. The molecule has 1 fully saturated rings. The highest BCUT2D eigenvalue weighted by Gasteiger charge is 2.45. The monoisotopic (exact) mass is 170 g/mol. The van der Waals surface area contributed by atoms with Crippen LogP contribution in [-0.4, -0.2) is 11.6 Å². The van der Waals surface area contributed by atoms with Gasteiger partial charge in [0.2, 0.25) is 0 Å². The van der Waals surface area contributed by atoms with Crippen molar-refractivity contribution in [1.29, 1.82) is 0 Å². The van der Waals surface area contributed by atoms with E-state index in [0.717, 1.165) is 32.1 Å². The number of rotatable bonds is 5. The first-order valence-electron chi connectivity index (χ1n) is 4.94. The molecule has 0 aromatic heterocycles. The van der Waals surface area contributed by atoms with Crippen LogP contribution >= 0.6 is 0 Å². The van der Waals surface area contributed by atoms with Crippen molar-refractivity contribution in [2.24, 2.45) is 0 Å². The molecule has 12 heavy (non-hydrogen) atoms. The first-order valence-corrected chi connectivity index (χ1v) is 4.94. The van der Waals surface area contributed by atoms with E-state index in [9.17, 15) is 4.79 Å². The molecular formula is C10H18O2. The van der Waals surface area contributed by atoms with E-state index in [-0.39, 0.29) is 11.6 Å². The van der Waals surface area contributed by atoms with E-state index in [1.807, 2.05) is 6.92 Å². The first kappa shape index (κ1) is 9.56. The van der Waals surface area contributed by atoms with Gasteiger partial charge in [0, 0.05) is 6.42 Å². The Labute approximate surface area is 74.3 Å². The maximum Gasteiger partial charge on any atom is 0.306 e. The van der Waals surface area contributed by atoms with E-state index in [1.54, 1.807) is 0 Å². The highest BCUT2D eigenvalue weighted by atomic mass is 16.6. The standard InChI is InChI=1S/C10H18O2/c1-3-5-9(11)12-10(6-4-2)7-8-10/h3-8H2,1-2H3. The maximum absolute atomic E-state index is 11.2. The van der Waals surface area contributed by atoms with Crippen LogP contribution in [0.2, 0.25) is 0 Å². The molecule has 0 spiro atoms. The van der Waals surface area contributed by atoms with Gasteiger partial charge in [0.05, 0.1) is 0 Å². The van der Waals surface area contributed by atoms with Crippen molar-refractivity contribution in [2.45, 2.75) is 58.0 Å². The smallest absolute Gasteiger partial charge is 0.306 e. The molecule has 1 rings (SSSR count). The van der Waals surface area contributed by atoms with E-state index in [1.165, 1.54) is 0 Å². The van der Waals surface area contributed by atoms with Crippen LogP contribution in [0.3, 0.4) is 0 Å². The summed E-state index contributed by atoms with van der Waals surface area (Å²) in [7, 11) is 0. The summed E-state index contributed by atoms with van der Waals surface area (Å²) in [4.78, 5) is 11.2. The van der Waals surface area contributed by atoms with Crippen LogP contribution in [0.1, 0.15) is 52.4 Å². The summed E-state index contributed by atoms with van der Waals surface area (Å²) in [5.41, 5.74) is -0.0268. The molecule has 1 saturated carbocycles. The SMILES string of the molecule is CCCC(=O)OC1(CCC)CC1. The Morgan fingerprint density at radius 2 is 2.00 bits per heavy atom. The van der Waals surface area contributed by atoms with Crippen molar-refractivity contribution in [3.05, 3.63) is 0 Å². The van der Waals surface area contributed by atoms with Crippen molar-refractivity contribution >= 4 is 5.97 Å². The summed E-state index contributed by atoms with van der Waals surface area (Å²) in [6.45, 7) is 4.13. The molecule has 0 heterocycles. The molecule has 0 N–H and O–H groups in total. The zero-order valence-electron chi connectivity index (χ0n) is 8.06.